The number of hydrogen-bond acceptors (Lipinski definition) is 9. The van der Waals surface area contributed by atoms with Gasteiger partial charge in [-0.1, -0.05) is 22.0 Å². The molecule has 0 saturated heterocycles. The number of carbonyl (C=O) groups excluding carboxylic acids is 2. The highest BCUT2D eigenvalue weighted by Gasteiger charge is 2.32. The van der Waals surface area contributed by atoms with E-state index in [9.17, 15) is 14.7 Å². The van der Waals surface area contributed by atoms with Crippen LogP contribution in [0.3, 0.4) is 0 Å². The van der Waals surface area contributed by atoms with E-state index in [2.05, 4.69) is 59.7 Å². The molecule has 13 heteroatoms. The van der Waals surface area contributed by atoms with Gasteiger partial charge in [-0.25, -0.2) is 9.59 Å². The molecule has 2 aromatic rings. The lowest BCUT2D eigenvalue weighted by atomic mass is 9.95. The minimum Gasteiger partial charge on any atom is -0.495 e. The van der Waals surface area contributed by atoms with Crippen molar-refractivity contribution < 1.29 is 33.6 Å². The summed E-state index contributed by atoms with van der Waals surface area (Å²) in [5.41, 5.74) is 4.60. The van der Waals surface area contributed by atoms with Gasteiger partial charge in [-0.3, -0.25) is 5.43 Å². The minimum absolute atomic E-state index is 0.138. The Labute approximate surface area is 242 Å². The molecule has 0 spiro atoms. The molecule has 11 nitrogen and oxygen atoms in total. The van der Waals surface area contributed by atoms with E-state index in [0.717, 1.165) is 13.6 Å². The zero-order valence-electron chi connectivity index (χ0n) is 21.1. The average molecular weight is 703 g/mol. The van der Waals surface area contributed by atoms with E-state index in [0.29, 0.717) is 35.1 Å². The van der Waals surface area contributed by atoms with Crippen LogP contribution in [-0.4, -0.2) is 57.0 Å². The van der Waals surface area contributed by atoms with E-state index in [1.165, 1.54) is 13.3 Å². The van der Waals surface area contributed by atoms with Crippen molar-refractivity contribution in [2.24, 2.45) is 5.10 Å². The molecule has 2 amide bonds. The number of methoxy groups -OCH3 is 2. The van der Waals surface area contributed by atoms with Gasteiger partial charge in [-0.15, -0.1) is 0 Å². The zero-order valence-corrected chi connectivity index (χ0v) is 24.9. The minimum atomic E-state index is -1.13. The Kier molecular flexibility index (Phi) is 10.6. The number of rotatable bonds is 11. The van der Waals surface area contributed by atoms with Gasteiger partial charge in [0.05, 0.1) is 42.2 Å². The molecule has 1 aliphatic rings. The third-order valence-corrected chi connectivity index (χ3v) is 6.60. The van der Waals surface area contributed by atoms with Crippen molar-refractivity contribution in [3.8, 4) is 17.2 Å². The first-order valence-corrected chi connectivity index (χ1v) is 13.3. The topological polar surface area (TPSA) is 140 Å². The largest absolute Gasteiger partial charge is 0.495 e. The second-order valence-electron chi connectivity index (χ2n) is 7.93. The molecule has 0 aromatic heterocycles. The standard InChI is InChI=1S/C25H28BrIN4O7/c1-5-37-19-9-14(22-21(24(33)36-4)13(2)29-25(34)30-22)6-7-18(19)38-12-20(32)31-28-11-15-8-16(26)10-17(27)23(15)35-3/h6-11,20,22,31-32H,5,12H2,1-4H3,(H2,29,30,34)/b28-11+/t20-,22+/m1/s1. The summed E-state index contributed by atoms with van der Waals surface area (Å²) in [5.74, 6) is 0.841. The van der Waals surface area contributed by atoms with Gasteiger partial charge in [0.1, 0.15) is 12.4 Å². The SMILES string of the molecule is CCOc1cc([C@@H]2NC(=O)NC(C)=C2C(=O)OC)ccc1OC[C@@H](O)N/N=C/c1cc(Br)cc(I)c1OC. The Bertz CT molecular complexity index is 1250. The van der Waals surface area contributed by atoms with Crippen molar-refractivity contribution in [1.82, 2.24) is 16.1 Å². The van der Waals surface area contributed by atoms with E-state index >= 15 is 0 Å². The van der Waals surface area contributed by atoms with Crippen LogP contribution in [0.15, 0.2) is 51.2 Å². The fourth-order valence-corrected chi connectivity index (χ4v) is 5.48. The van der Waals surface area contributed by atoms with Gasteiger partial charge in [0.15, 0.2) is 17.7 Å². The summed E-state index contributed by atoms with van der Waals surface area (Å²) in [6, 6.07) is 7.59. The number of amides is 2. The molecule has 204 valence electrons. The average Bonchev–Trinajstić information content (AvgIpc) is 2.87. The number of benzene rings is 2. The van der Waals surface area contributed by atoms with Gasteiger partial charge < -0.3 is 34.7 Å². The number of urea groups is 1. The summed E-state index contributed by atoms with van der Waals surface area (Å²) in [6.45, 7) is 3.65. The van der Waals surface area contributed by atoms with Crippen LogP contribution < -0.4 is 30.3 Å². The van der Waals surface area contributed by atoms with E-state index in [1.54, 1.807) is 32.2 Å². The van der Waals surface area contributed by atoms with Crippen LogP contribution in [0.5, 0.6) is 17.2 Å². The molecule has 0 bridgehead atoms. The van der Waals surface area contributed by atoms with Crippen LogP contribution in [0.4, 0.5) is 4.79 Å². The van der Waals surface area contributed by atoms with Gasteiger partial charge in [0.25, 0.3) is 0 Å². The summed E-state index contributed by atoms with van der Waals surface area (Å²) in [7, 11) is 2.85. The Morgan fingerprint density at radius 3 is 2.71 bits per heavy atom. The number of hydrazone groups is 1. The fourth-order valence-electron chi connectivity index (χ4n) is 3.71. The summed E-state index contributed by atoms with van der Waals surface area (Å²) in [6.07, 6.45) is 0.412. The van der Waals surface area contributed by atoms with E-state index in [1.807, 2.05) is 19.1 Å². The van der Waals surface area contributed by atoms with Crippen LogP contribution in [0, 0.1) is 3.57 Å². The second kappa shape index (κ2) is 13.7. The molecule has 0 radical (unpaired) electrons. The van der Waals surface area contributed by atoms with Crippen LogP contribution >= 0.6 is 38.5 Å². The van der Waals surface area contributed by atoms with Gasteiger partial charge in [-0.05, 0) is 66.3 Å². The maximum atomic E-state index is 12.4. The number of hydrogen-bond donors (Lipinski definition) is 4. The van der Waals surface area contributed by atoms with E-state index in [-0.39, 0.29) is 12.2 Å². The van der Waals surface area contributed by atoms with Crippen molar-refractivity contribution >= 4 is 56.7 Å². The van der Waals surface area contributed by atoms with E-state index < -0.39 is 24.3 Å². The number of carbonyl (C=O) groups is 2. The van der Waals surface area contributed by atoms with Crippen molar-refractivity contribution in [2.45, 2.75) is 26.1 Å². The number of ether oxygens (including phenoxy) is 4. The van der Waals surface area contributed by atoms with Gasteiger partial charge in [-0.2, -0.15) is 5.10 Å². The lowest BCUT2D eigenvalue weighted by Crippen LogP contribution is -2.45. The first kappa shape index (κ1) is 29.5. The summed E-state index contributed by atoms with van der Waals surface area (Å²) < 4.78 is 23.6. The molecule has 1 heterocycles. The first-order valence-electron chi connectivity index (χ1n) is 11.4. The van der Waals surface area contributed by atoms with Crippen molar-refractivity contribution in [1.29, 1.82) is 0 Å². The highest BCUT2D eigenvalue weighted by atomic mass is 127. The monoisotopic (exact) mass is 702 g/mol. The Morgan fingerprint density at radius 1 is 1.26 bits per heavy atom. The fraction of sp³-hybridized carbons (Fsp3) is 0.320. The lowest BCUT2D eigenvalue weighted by Gasteiger charge is -2.28. The third-order valence-electron chi connectivity index (χ3n) is 5.34. The number of aliphatic hydroxyl groups is 1. The van der Waals surface area contributed by atoms with Crippen LogP contribution in [0.25, 0.3) is 0 Å². The van der Waals surface area contributed by atoms with Crippen molar-refractivity contribution in [3.63, 3.8) is 0 Å². The number of nitrogens with one attached hydrogen (secondary N) is 3. The molecule has 4 N–H and O–H groups in total. The Balaban J connectivity index is 1.72. The van der Waals surface area contributed by atoms with Gasteiger partial charge >= 0.3 is 12.0 Å². The predicted octanol–water partition coefficient (Wildman–Crippen LogP) is 3.58. The number of nitrogens with zero attached hydrogens (tertiary/aromatic N) is 1. The van der Waals surface area contributed by atoms with Crippen molar-refractivity contribution in [2.75, 3.05) is 27.4 Å². The lowest BCUT2D eigenvalue weighted by molar-refractivity contribution is -0.136. The van der Waals surface area contributed by atoms with Gasteiger partial charge in [0.2, 0.25) is 0 Å². The molecule has 2 atom stereocenters. The summed E-state index contributed by atoms with van der Waals surface area (Å²) >= 11 is 5.61. The number of allylic oxidation sites excluding steroid dienone is 1. The maximum absolute atomic E-state index is 12.4. The molecule has 0 fully saturated rings. The molecule has 3 rings (SSSR count). The van der Waals surface area contributed by atoms with Crippen LogP contribution in [0.1, 0.15) is 31.0 Å². The third kappa shape index (κ3) is 7.29. The normalized spacial score (nSPS) is 16.0. The summed E-state index contributed by atoms with van der Waals surface area (Å²) in [4.78, 5) is 24.5. The smallest absolute Gasteiger partial charge is 0.337 e. The van der Waals surface area contributed by atoms with E-state index in [4.69, 9.17) is 18.9 Å². The Hall–Kier alpha value is -3.04. The molecule has 1 aliphatic heterocycles. The highest BCUT2D eigenvalue weighted by Crippen LogP contribution is 2.35. The highest BCUT2D eigenvalue weighted by molar-refractivity contribution is 14.1. The molecular formula is C25H28BrIN4O7. The quantitative estimate of drug-likeness (QED) is 0.0917. The molecule has 0 aliphatic carbocycles. The Morgan fingerprint density at radius 2 is 2.03 bits per heavy atom. The molecule has 2 aromatic carbocycles. The number of esters is 1. The van der Waals surface area contributed by atoms with Crippen molar-refractivity contribution in [3.05, 3.63) is 60.8 Å². The molecule has 38 heavy (non-hydrogen) atoms. The first-order chi connectivity index (χ1) is 18.2. The molecule has 0 saturated carbocycles. The molecular weight excluding hydrogens is 675 g/mol. The maximum Gasteiger partial charge on any atom is 0.337 e. The summed E-state index contributed by atoms with van der Waals surface area (Å²) in [5, 5.41) is 19.8. The predicted molar refractivity (Wildman–Crippen MR) is 152 cm³/mol. The van der Waals surface area contributed by atoms with Crippen LogP contribution in [0.2, 0.25) is 0 Å². The molecule has 0 unspecified atom stereocenters. The van der Waals surface area contributed by atoms with Gasteiger partial charge in [0, 0.05) is 15.7 Å². The van der Waals surface area contributed by atoms with Crippen LogP contribution in [-0.2, 0) is 9.53 Å². The second-order valence-corrected chi connectivity index (χ2v) is 10.0. The number of aliphatic hydroxyl groups excluding tert-OH is 1. The number of halogens is 2. The zero-order chi connectivity index (χ0) is 27.8.